The maximum atomic E-state index is 13.3. The van der Waals surface area contributed by atoms with Crippen molar-refractivity contribution >= 4 is 11.8 Å². The molecule has 0 radical (unpaired) electrons. The largest absolute Gasteiger partial charge is 0.491 e. The molecule has 1 atom stereocenters. The lowest BCUT2D eigenvalue weighted by atomic mass is 9.97. The van der Waals surface area contributed by atoms with Crippen molar-refractivity contribution in [1.82, 2.24) is 10.2 Å². The van der Waals surface area contributed by atoms with Crippen LogP contribution in [0.5, 0.6) is 5.75 Å². The van der Waals surface area contributed by atoms with Crippen molar-refractivity contribution in [1.29, 1.82) is 0 Å². The summed E-state index contributed by atoms with van der Waals surface area (Å²) in [5.74, 6) is 0.394. The number of ether oxygens (including phenoxy) is 2. The van der Waals surface area contributed by atoms with Gasteiger partial charge in [-0.05, 0) is 41.0 Å². The summed E-state index contributed by atoms with van der Waals surface area (Å²) in [6.45, 7) is 1.86. The van der Waals surface area contributed by atoms with Crippen molar-refractivity contribution in [3.05, 3.63) is 90.0 Å². The first-order valence-electron chi connectivity index (χ1n) is 11.1. The molecule has 1 heterocycles. The van der Waals surface area contributed by atoms with Gasteiger partial charge in [-0.3, -0.25) is 9.59 Å². The fraction of sp³-hybridized carbons (Fsp3) is 0.259. The van der Waals surface area contributed by atoms with Gasteiger partial charge in [0.25, 0.3) is 5.91 Å². The third kappa shape index (κ3) is 5.59. The van der Waals surface area contributed by atoms with Crippen LogP contribution in [0.1, 0.15) is 15.9 Å². The number of carbonyl (C=O) groups excluding carboxylic acids is 2. The molecule has 1 aliphatic heterocycles. The molecule has 1 N–H and O–H groups in total. The molecule has 3 aromatic carbocycles. The van der Waals surface area contributed by atoms with E-state index in [0.717, 1.165) is 16.7 Å². The predicted molar refractivity (Wildman–Crippen MR) is 127 cm³/mol. The average molecular weight is 445 g/mol. The summed E-state index contributed by atoms with van der Waals surface area (Å²) in [5, 5.41) is 2.91. The second-order valence-corrected chi connectivity index (χ2v) is 7.94. The van der Waals surface area contributed by atoms with Gasteiger partial charge in [-0.2, -0.15) is 0 Å². The number of hydrogen-bond donors (Lipinski definition) is 1. The standard InChI is InChI=1S/C27H28N2O4/c1-32-16-17-33-24-12-10-22(11-13-24)27(31)29-15-14-28-26(30)25(29)19-20-6-5-9-23(18-20)21-7-3-2-4-8-21/h2-13,18,25H,14-17,19H2,1H3,(H,28,30)/t25-/m0/s1. The summed E-state index contributed by atoms with van der Waals surface area (Å²) in [6.07, 6.45) is 0.455. The van der Waals surface area contributed by atoms with Crippen LogP contribution in [0.15, 0.2) is 78.9 Å². The molecule has 0 aliphatic carbocycles. The Bertz CT molecular complexity index is 1080. The first-order valence-corrected chi connectivity index (χ1v) is 11.1. The van der Waals surface area contributed by atoms with Crippen molar-refractivity contribution in [2.45, 2.75) is 12.5 Å². The third-order valence-corrected chi connectivity index (χ3v) is 5.71. The molecule has 33 heavy (non-hydrogen) atoms. The van der Waals surface area contributed by atoms with Gasteiger partial charge in [-0.25, -0.2) is 0 Å². The molecular weight excluding hydrogens is 416 g/mol. The van der Waals surface area contributed by atoms with E-state index in [1.807, 2.05) is 30.3 Å². The van der Waals surface area contributed by atoms with Crippen LogP contribution < -0.4 is 10.1 Å². The van der Waals surface area contributed by atoms with E-state index in [1.165, 1.54) is 0 Å². The molecule has 3 aromatic rings. The summed E-state index contributed by atoms with van der Waals surface area (Å²) < 4.78 is 10.6. The SMILES string of the molecule is COCCOc1ccc(C(=O)N2CCNC(=O)[C@@H]2Cc2cccc(-c3ccccc3)c2)cc1. The van der Waals surface area contributed by atoms with Gasteiger partial charge in [-0.15, -0.1) is 0 Å². The molecule has 0 spiro atoms. The first-order chi connectivity index (χ1) is 16.2. The molecule has 170 valence electrons. The minimum Gasteiger partial charge on any atom is -0.491 e. The molecule has 4 rings (SSSR count). The van der Waals surface area contributed by atoms with Crippen LogP contribution in [0.25, 0.3) is 11.1 Å². The number of amides is 2. The van der Waals surface area contributed by atoms with Crippen molar-refractivity contribution < 1.29 is 19.1 Å². The number of hydrogen-bond acceptors (Lipinski definition) is 4. The van der Waals surface area contributed by atoms with Gasteiger partial charge in [-0.1, -0.05) is 54.6 Å². The van der Waals surface area contributed by atoms with Crippen LogP contribution in [0, 0.1) is 0 Å². The Labute approximate surface area is 194 Å². The van der Waals surface area contributed by atoms with Gasteiger partial charge in [0.15, 0.2) is 0 Å². The topological polar surface area (TPSA) is 67.9 Å². The van der Waals surface area contributed by atoms with Crippen LogP contribution in [-0.2, 0) is 16.0 Å². The van der Waals surface area contributed by atoms with Crippen molar-refractivity contribution in [2.75, 3.05) is 33.4 Å². The molecule has 2 amide bonds. The van der Waals surface area contributed by atoms with E-state index in [0.29, 0.717) is 44.0 Å². The van der Waals surface area contributed by atoms with E-state index >= 15 is 0 Å². The Balaban J connectivity index is 1.50. The number of piperazine rings is 1. The van der Waals surface area contributed by atoms with Gasteiger partial charge >= 0.3 is 0 Å². The molecule has 6 heteroatoms. The van der Waals surface area contributed by atoms with Gasteiger partial charge in [0.2, 0.25) is 5.91 Å². The number of nitrogens with one attached hydrogen (secondary N) is 1. The van der Waals surface area contributed by atoms with Crippen LogP contribution >= 0.6 is 0 Å². The van der Waals surface area contributed by atoms with Gasteiger partial charge in [0.1, 0.15) is 18.4 Å². The lowest BCUT2D eigenvalue weighted by Crippen LogP contribution is -2.58. The van der Waals surface area contributed by atoms with E-state index in [2.05, 4.69) is 29.6 Å². The average Bonchev–Trinajstić information content (AvgIpc) is 2.86. The lowest BCUT2D eigenvalue weighted by Gasteiger charge is -2.35. The van der Waals surface area contributed by atoms with Crippen molar-refractivity contribution in [3.63, 3.8) is 0 Å². The zero-order valence-corrected chi connectivity index (χ0v) is 18.7. The highest BCUT2D eigenvalue weighted by molar-refractivity contribution is 5.98. The van der Waals surface area contributed by atoms with Crippen LogP contribution in [0.4, 0.5) is 0 Å². The number of nitrogens with zero attached hydrogens (tertiary/aromatic N) is 1. The van der Waals surface area contributed by atoms with E-state index < -0.39 is 6.04 Å². The highest BCUT2D eigenvalue weighted by Gasteiger charge is 2.33. The number of rotatable bonds is 8. The normalized spacial score (nSPS) is 15.7. The first kappa shape index (κ1) is 22.6. The third-order valence-electron chi connectivity index (χ3n) is 5.71. The highest BCUT2D eigenvalue weighted by Crippen LogP contribution is 2.23. The number of methoxy groups -OCH3 is 1. The Morgan fingerprint density at radius 3 is 2.48 bits per heavy atom. The van der Waals surface area contributed by atoms with Gasteiger partial charge in [0.05, 0.1) is 6.61 Å². The molecule has 0 bridgehead atoms. The second kappa shape index (κ2) is 10.8. The lowest BCUT2D eigenvalue weighted by molar-refractivity contribution is -0.127. The molecular formula is C27H28N2O4. The predicted octanol–water partition coefficient (Wildman–Crippen LogP) is 3.56. The minimum atomic E-state index is -0.560. The summed E-state index contributed by atoms with van der Waals surface area (Å²) in [7, 11) is 1.62. The summed E-state index contributed by atoms with van der Waals surface area (Å²) in [6, 6.07) is 24.7. The molecule has 0 saturated carbocycles. The molecule has 1 saturated heterocycles. The van der Waals surface area contributed by atoms with E-state index in [-0.39, 0.29) is 11.8 Å². The van der Waals surface area contributed by atoms with Crippen LogP contribution in [0.3, 0.4) is 0 Å². The number of carbonyl (C=O) groups is 2. The van der Waals surface area contributed by atoms with Gasteiger partial charge in [0, 0.05) is 32.2 Å². The van der Waals surface area contributed by atoms with E-state index in [4.69, 9.17) is 9.47 Å². The van der Waals surface area contributed by atoms with E-state index in [9.17, 15) is 9.59 Å². The molecule has 6 nitrogen and oxygen atoms in total. The Kier molecular flexibility index (Phi) is 7.37. The van der Waals surface area contributed by atoms with Crippen molar-refractivity contribution in [3.8, 4) is 16.9 Å². The van der Waals surface area contributed by atoms with Gasteiger partial charge < -0.3 is 19.7 Å². The zero-order chi connectivity index (χ0) is 23.0. The Morgan fingerprint density at radius 2 is 1.73 bits per heavy atom. The molecule has 1 aliphatic rings. The quantitative estimate of drug-likeness (QED) is 0.540. The van der Waals surface area contributed by atoms with E-state index in [1.54, 1.807) is 36.3 Å². The molecule has 0 aromatic heterocycles. The van der Waals surface area contributed by atoms with Crippen LogP contribution in [0.2, 0.25) is 0 Å². The van der Waals surface area contributed by atoms with Crippen molar-refractivity contribution in [2.24, 2.45) is 0 Å². The minimum absolute atomic E-state index is 0.126. The molecule has 0 unspecified atom stereocenters. The Hall–Kier alpha value is -3.64. The molecule has 1 fully saturated rings. The van der Waals surface area contributed by atoms with Crippen LogP contribution in [-0.4, -0.2) is 56.2 Å². The smallest absolute Gasteiger partial charge is 0.254 e. The summed E-state index contributed by atoms with van der Waals surface area (Å²) in [5.41, 5.74) is 3.75. The number of benzene rings is 3. The maximum Gasteiger partial charge on any atom is 0.254 e. The fourth-order valence-corrected chi connectivity index (χ4v) is 3.99. The Morgan fingerprint density at radius 1 is 0.970 bits per heavy atom. The zero-order valence-electron chi connectivity index (χ0n) is 18.7. The fourth-order valence-electron chi connectivity index (χ4n) is 3.99. The summed E-state index contributed by atoms with van der Waals surface area (Å²) >= 11 is 0. The maximum absolute atomic E-state index is 13.3. The summed E-state index contributed by atoms with van der Waals surface area (Å²) in [4.78, 5) is 27.7. The highest BCUT2D eigenvalue weighted by atomic mass is 16.5. The monoisotopic (exact) mass is 444 g/mol. The second-order valence-electron chi connectivity index (χ2n) is 7.94.